The fourth-order valence-corrected chi connectivity index (χ4v) is 18.0. The van der Waals surface area contributed by atoms with E-state index in [-0.39, 0.29) is 148 Å². The maximum Gasteiger partial charge on any atom is 0.149 e. The van der Waals surface area contributed by atoms with Gasteiger partial charge in [-0.2, -0.15) is 109 Å². The number of anilines is 3. The van der Waals surface area contributed by atoms with Crippen molar-refractivity contribution < 1.29 is 126 Å². The number of nitrogens with zero attached hydrogens (tertiary/aromatic N) is 6. The molecule has 0 aliphatic carbocycles. The van der Waals surface area contributed by atoms with Crippen LogP contribution in [0.15, 0.2) is 314 Å². The number of ketones is 3. The van der Waals surface area contributed by atoms with Crippen molar-refractivity contribution in [2.24, 2.45) is 0 Å². The van der Waals surface area contributed by atoms with E-state index in [9.17, 15) is 14.4 Å². The van der Waals surface area contributed by atoms with Crippen molar-refractivity contribution >= 4 is 79.4 Å². The molecule has 16 rings (SSSR count). The maximum atomic E-state index is 12.4. The van der Waals surface area contributed by atoms with Gasteiger partial charge in [0.25, 0.3) is 0 Å². The number of carbonyl (C=O) groups excluding carboxylic acids is 3. The quantitative estimate of drug-likeness (QED) is 0.0545. The summed E-state index contributed by atoms with van der Waals surface area (Å²) in [6, 6.07) is 87.1. The van der Waals surface area contributed by atoms with Crippen molar-refractivity contribution in [2.45, 2.75) is 218 Å². The molecule has 9 nitrogen and oxygen atoms in total. The van der Waals surface area contributed by atoms with Crippen molar-refractivity contribution in [3.05, 3.63) is 404 Å². The summed E-state index contributed by atoms with van der Waals surface area (Å²) in [7, 11) is 13.1. The zero-order valence-electron chi connectivity index (χ0n) is 81.8. The molecule has 0 bridgehead atoms. The molecule has 10 aromatic carbocycles. The smallest absolute Gasteiger partial charge is 0.149 e. The molecule has 6 aliphatic heterocycles. The number of carbonyl (C=O) groups is 3. The molecular weight excluding hydrogens is 1800 g/mol. The van der Waals surface area contributed by atoms with Crippen molar-refractivity contribution in [3.8, 4) is 0 Å². The van der Waals surface area contributed by atoms with Gasteiger partial charge in [-0.1, -0.05) is 293 Å². The van der Waals surface area contributed by atoms with Gasteiger partial charge in [-0.25, -0.2) is 0 Å². The molecular formula is C117H139N6O3Y3-3. The molecule has 0 saturated carbocycles. The van der Waals surface area contributed by atoms with Gasteiger partial charge in [0.15, 0.2) is 0 Å². The van der Waals surface area contributed by atoms with Crippen LogP contribution in [0.2, 0.25) is 0 Å². The number of aryl methyl sites for hydroxylation is 3. The van der Waals surface area contributed by atoms with Gasteiger partial charge in [-0.3, -0.25) is 14.4 Å². The molecule has 10 aromatic rings. The molecule has 667 valence electrons. The molecule has 0 N–H and O–H groups in total. The van der Waals surface area contributed by atoms with Crippen LogP contribution in [0.5, 0.6) is 0 Å². The Balaban J connectivity index is 0.000000299. The van der Waals surface area contributed by atoms with Gasteiger partial charge in [0.1, 0.15) is 34.4 Å². The SMILES string of the molecule is CC.CC.CC.[CH2-][N+]1=C(C=CC=C2N(CC(C)=O)c3ccc(C)cc3C2(C)C)C(C)(CC)c2ccccc21.[CH2-][N+]1=C(C=CC=C2N(CC(C)=O)c3ccc4ccc(C)cc4c3C2(C)C)C(C)(CC)c2ccccc21.[CH2-][N+]1=C(C=CC=CC=C2N(CC(C)=O)c3ccc(C)cc3C2(C)C)C(C)(CC)c2ccccc21.[Y].[Y].[Y].[c-]1ccccc1.[c-]1ccccc1.[c-]1ccccc1. The Hall–Kier alpha value is -9.02. The van der Waals surface area contributed by atoms with Crippen LogP contribution in [-0.2, 0) is 145 Å². The number of benzene rings is 10. The third-order valence-corrected chi connectivity index (χ3v) is 24.9. The van der Waals surface area contributed by atoms with E-state index in [0.717, 1.165) is 53.4 Å². The Bertz CT molecular complexity index is 5610. The van der Waals surface area contributed by atoms with Crippen molar-refractivity contribution in [3.63, 3.8) is 0 Å². The Morgan fingerprint density at radius 1 is 0.341 bits per heavy atom. The first-order valence-corrected chi connectivity index (χ1v) is 45.2. The Kier molecular flexibility index (Phi) is 43.3. The minimum atomic E-state index is -0.246. The largest absolute Gasteiger partial charge is 0.337 e. The zero-order chi connectivity index (χ0) is 92.5. The number of hydrogen-bond donors (Lipinski definition) is 0. The average molecular weight is 1940 g/mol. The number of Topliss-reactive ketones (excluding diaryl/α,β-unsaturated/α-hetero) is 3. The third kappa shape index (κ3) is 25.0. The van der Waals surface area contributed by atoms with Gasteiger partial charge < -0.3 is 28.4 Å². The van der Waals surface area contributed by atoms with Gasteiger partial charge in [-0.05, 0) is 160 Å². The Morgan fingerprint density at radius 2 is 0.628 bits per heavy atom. The standard InChI is InChI=1S/C33H36N2O.C31H36N2O.C29H34N2O.3C6H5.3C2H6.3Y/c1-8-33(6)26-12-9-10-13-27(26)34(7)30(33)15-11-14-29-32(4,5)31-25-20-22(2)16-17-24(25)18-19-28(31)35(29)21-23(3)36;1-8-31(6)24-14-12-13-15-26(24)32(7)29(31)17-11-9-10-16-28-30(4,5)25-20-22(2)18-19-27(25)33(28)21-23(3)34;1-8-29(6)22-12-9-10-13-24(22)30(7)27(29)15-11-14-26-28(4,5)23-18-20(2)16-17-25(23)31(26)19-21(3)32;3*1-2-4-6-5-3-1;3*1-2;;;/h9-20H,7-8,21H2,1-6H3;9-20H,7-8,21H2,1-6H3;9-18H,7-8,19H2,1-6H3;3*1-5H;3*1-2H3;;;/q;;;3*-1;;;;;;. The second-order valence-corrected chi connectivity index (χ2v) is 34.4. The molecule has 3 atom stereocenters. The predicted molar refractivity (Wildman–Crippen MR) is 538 cm³/mol. The fraction of sp³-hybridized carbons (Fsp3) is 0.308. The van der Waals surface area contributed by atoms with E-state index < -0.39 is 0 Å². The first kappa shape index (κ1) is 110. The molecule has 6 aliphatic rings. The second-order valence-electron chi connectivity index (χ2n) is 34.4. The van der Waals surface area contributed by atoms with Crippen LogP contribution in [0.1, 0.15) is 215 Å². The van der Waals surface area contributed by atoms with E-state index in [2.05, 4.69) is 378 Å². The number of fused-ring (bicyclic) bond motifs is 8. The normalized spacial score (nSPS) is 18.8. The summed E-state index contributed by atoms with van der Waals surface area (Å²) >= 11 is 0. The fourth-order valence-electron chi connectivity index (χ4n) is 18.0. The van der Waals surface area contributed by atoms with E-state index in [4.69, 9.17) is 0 Å². The molecule has 0 amide bonds. The van der Waals surface area contributed by atoms with E-state index in [1.165, 1.54) is 95.0 Å². The number of para-hydroxylation sites is 3. The minimum Gasteiger partial charge on any atom is -0.337 e. The van der Waals surface area contributed by atoms with Crippen molar-refractivity contribution in [1.82, 2.24) is 0 Å². The van der Waals surface area contributed by atoms with E-state index >= 15 is 0 Å². The predicted octanol–water partition coefficient (Wildman–Crippen LogP) is 28.4. The van der Waals surface area contributed by atoms with Gasteiger partial charge in [0, 0.05) is 186 Å². The summed E-state index contributed by atoms with van der Waals surface area (Å²) in [5, 5.41) is 2.50. The summed E-state index contributed by atoms with van der Waals surface area (Å²) in [4.78, 5) is 43.1. The van der Waals surface area contributed by atoms with Crippen LogP contribution in [0.4, 0.5) is 34.1 Å². The van der Waals surface area contributed by atoms with Crippen LogP contribution in [0.25, 0.3) is 10.8 Å². The minimum absolute atomic E-state index is 0. The third-order valence-electron chi connectivity index (χ3n) is 24.9. The summed E-state index contributed by atoms with van der Waals surface area (Å²) in [6.07, 6.45) is 26.6. The molecule has 0 spiro atoms. The Morgan fingerprint density at radius 3 is 0.946 bits per heavy atom. The second kappa shape index (κ2) is 50.6. The molecule has 3 radical (unpaired) electrons. The first-order chi connectivity index (χ1) is 60.3. The number of allylic oxidation sites excluding steroid dienone is 14. The summed E-state index contributed by atoms with van der Waals surface area (Å²) < 4.78 is 6.21. The van der Waals surface area contributed by atoms with Crippen LogP contribution in [0.3, 0.4) is 0 Å². The first-order valence-electron chi connectivity index (χ1n) is 45.2. The van der Waals surface area contributed by atoms with Crippen LogP contribution >= 0.6 is 0 Å². The Labute approximate surface area is 853 Å². The molecule has 6 heterocycles. The monoisotopic (exact) mass is 1940 g/mol. The number of hydrogen-bond acceptors (Lipinski definition) is 6. The molecule has 12 heteroatoms. The summed E-state index contributed by atoms with van der Waals surface area (Å²) in [5.74, 6) is 0.471. The zero-order valence-corrected chi connectivity index (χ0v) is 90.3. The van der Waals surface area contributed by atoms with E-state index in [1.807, 2.05) is 133 Å². The maximum absolute atomic E-state index is 12.4. The summed E-state index contributed by atoms with van der Waals surface area (Å²) in [5.41, 5.74) is 24.7. The van der Waals surface area contributed by atoms with E-state index in [0.29, 0.717) is 19.6 Å². The van der Waals surface area contributed by atoms with Crippen LogP contribution in [0, 0.1) is 60.1 Å². The summed E-state index contributed by atoms with van der Waals surface area (Å²) in [6.45, 7) is 51.6. The van der Waals surface area contributed by atoms with Gasteiger partial charge >= 0.3 is 0 Å². The molecule has 3 unspecified atom stereocenters. The van der Waals surface area contributed by atoms with Crippen LogP contribution < -0.4 is 14.7 Å². The van der Waals surface area contributed by atoms with E-state index in [1.54, 1.807) is 20.8 Å². The van der Waals surface area contributed by atoms with Crippen molar-refractivity contribution in [1.29, 1.82) is 0 Å². The number of rotatable bonds is 16. The molecule has 0 saturated heterocycles. The molecule has 0 fully saturated rings. The van der Waals surface area contributed by atoms with Gasteiger partial charge in [0.05, 0.1) is 36.8 Å². The van der Waals surface area contributed by atoms with Gasteiger partial charge in [0.2, 0.25) is 0 Å². The molecule has 129 heavy (non-hydrogen) atoms. The van der Waals surface area contributed by atoms with Crippen LogP contribution in [-0.4, -0.2) is 67.8 Å². The topological polar surface area (TPSA) is 70.0 Å². The van der Waals surface area contributed by atoms with Gasteiger partial charge in [-0.15, -0.1) is 0 Å². The molecule has 0 aromatic heterocycles. The van der Waals surface area contributed by atoms with Crippen molar-refractivity contribution in [2.75, 3.05) is 34.3 Å². The average Bonchev–Trinajstić information content (AvgIpc) is 1.56.